The minimum absolute atomic E-state index is 0. The van der Waals surface area contributed by atoms with E-state index in [1.54, 1.807) is 0 Å². The van der Waals surface area contributed by atoms with E-state index in [1.807, 2.05) is 0 Å². The van der Waals surface area contributed by atoms with E-state index in [4.69, 9.17) is 0 Å². The molecule has 3 rings (SSSR count). The maximum atomic E-state index is 12.7. The molecule has 0 unspecified atom stereocenters. The number of nitrogens with one attached hydrogen (secondary N) is 2. The molecule has 9 heteroatoms. The van der Waals surface area contributed by atoms with Gasteiger partial charge in [0.2, 0.25) is 0 Å². The fraction of sp³-hybridized carbons (Fsp3) is 0.462. The first-order valence-corrected chi connectivity index (χ1v) is 6.70. The van der Waals surface area contributed by atoms with Gasteiger partial charge in [0.15, 0.2) is 11.6 Å². The Labute approximate surface area is 131 Å². The largest absolute Gasteiger partial charge is 0.416 e. The van der Waals surface area contributed by atoms with E-state index in [1.165, 1.54) is 0 Å². The lowest BCUT2D eigenvalue weighted by Crippen LogP contribution is -2.27. The van der Waals surface area contributed by atoms with Gasteiger partial charge < -0.3 is 5.32 Å². The molecule has 1 aliphatic rings. The highest BCUT2D eigenvalue weighted by Crippen LogP contribution is 2.31. The molecule has 22 heavy (non-hydrogen) atoms. The number of pyridine rings is 1. The summed E-state index contributed by atoms with van der Waals surface area (Å²) in [6, 6.07) is 1.92. The molecule has 0 bridgehead atoms. The third-order valence-electron chi connectivity index (χ3n) is 3.54. The van der Waals surface area contributed by atoms with Gasteiger partial charge in [0.05, 0.1) is 5.56 Å². The molecule has 2 aromatic heterocycles. The monoisotopic (exact) mass is 333 g/mol. The molecular formula is C13H15ClF3N5. The van der Waals surface area contributed by atoms with E-state index in [-0.39, 0.29) is 29.8 Å². The van der Waals surface area contributed by atoms with Gasteiger partial charge >= 0.3 is 6.18 Å². The molecule has 0 amide bonds. The van der Waals surface area contributed by atoms with Crippen molar-refractivity contribution in [3.63, 3.8) is 0 Å². The zero-order chi connectivity index (χ0) is 14.9. The summed E-state index contributed by atoms with van der Waals surface area (Å²) in [5.74, 6) is 1.15. The lowest BCUT2D eigenvalue weighted by Gasteiger charge is -2.19. The average Bonchev–Trinajstić information content (AvgIpc) is 2.97. The van der Waals surface area contributed by atoms with Crippen molar-refractivity contribution in [2.45, 2.75) is 24.9 Å². The topological polar surface area (TPSA) is 66.5 Å². The van der Waals surface area contributed by atoms with Gasteiger partial charge in [0, 0.05) is 12.1 Å². The predicted molar refractivity (Wildman–Crippen MR) is 76.7 cm³/mol. The molecule has 0 aliphatic carbocycles. The van der Waals surface area contributed by atoms with Gasteiger partial charge in [-0.1, -0.05) is 0 Å². The molecule has 120 valence electrons. The van der Waals surface area contributed by atoms with Gasteiger partial charge in [0.1, 0.15) is 5.69 Å². The highest BCUT2D eigenvalue weighted by Gasteiger charge is 2.31. The van der Waals surface area contributed by atoms with Crippen LogP contribution in [0.15, 0.2) is 18.3 Å². The lowest BCUT2D eigenvalue weighted by atomic mass is 9.98. The first-order valence-electron chi connectivity index (χ1n) is 6.70. The SMILES string of the molecule is Cl.FC(F)(F)c1ccnc(-c2nc(C3CCNCC3)n[nH]2)c1. The van der Waals surface area contributed by atoms with E-state index < -0.39 is 11.7 Å². The van der Waals surface area contributed by atoms with E-state index in [0.29, 0.717) is 5.82 Å². The second-order valence-corrected chi connectivity index (χ2v) is 4.99. The Balaban J connectivity index is 0.00000176. The summed E-state index contributed by atoms with van der Waals surface area (Å²) in [5.41, 5.74) is -0.593. The fourth-order valence-electron chi connectivity index (χ4n) is 2.39. The van der Waals surface area contributed by atoms with Crippen LogP contribution in [0.25, 0.3) is 11.5 Å². The van der Waals surface area contributed by atoms with Crippen LogP contribution in [0.3, 0.4) is 0 Å². The number of nitrogens with zero attached hydrogens (tertiary/aromatic N) is 3. The van der Waals surface area contributed by atoms with Crippen molar-refractivity contribution in [2.24, 2.45) is 0 Å². The number of halogens is 4. The molecule has 1 aliphatic heterocycles. The molecule has 0 atom stereocenters. The standard InChI is InChI=1S/C13H14F3N5.ClH/c14-13(15,16)9-3-6-18-10(7-9)12-19-11(20-21-12)8-1-4-17-5-2-8;/h3,6-8,17H,1-2,4-5H2,(H,19,20,21);1H. The summed E-state index contributed by atoms with van der Waals surface area (Å²) in [7, 11) is 0. The zero-order valence-corrected chi connectivity index (χ0v) is 12.3. The van der Waals surface area contributed by atoms with Crippen molar-refractivity contribution < 1.29 is 13.2 Å². The maximum Gasteiger partial charge on any atom is 0.416 e. The number of piperidine rings is 1. The number of hydrogen-bond donors (Lipinski definition) is 2. The molecule has 1 saturated heterocycles. The van der Waals surface area contributed by atoms with Crippen molar-refractivity contribution in [1.29, 1.82) is 0 Å². The molecule has 0 spiro atoms. The van der Waals surface area contributed by atoms with Crippen LogP contribution in [0.1, 0.15) is 30.1 Å². The lowest BCUT2D eigenvalue weighted by molar-refractivity contribution is -0.137. The van der Waals surface area contributed by atoms with Gasteiger partial charge in [-0.25, -0.2) is 4.98 Å². The summed E-state index contributed by atoms with van der Waals surface area (Å²) < 4.78 is 38.1. The van der Waals surface area contributed by atoms with E-state index >= 15 is 0 Å². The molecule has 0 radical (unpaired) electrons. The molecule has 0 aromatic carbocycles. The molecular weight excluding hydrogens is 319 g/mol. The molecule has 1 fully saturated rings. The van der Waals surface area contributed by atoms with E-state index in [0.717, 1.165) is 44.3 Å². The third kappa shape index (κ3) is 3.56. The Hall–Kier alpha value is -1.67. The molecule has 2 N–H and O–H groups in total. The Morgan fingerprint density at radius 3 is 2.59 bits per heavy atom. The van der Waals surface area contributed by atoms with Crippen LogP contribution in [0.2, 0.25) is 0 Å². The normalized spacial score (nSPS) is 16.3. The van der Waals surface area contributed by atoms with Gasteiger partial charge in [-0.2, -0.15) is 18.3 Å². The van der Waals surface area contributed by atoms with Gasteiger partial charge in [-0.05, 0) is 38.1 Å². The number of rotatable bonds is 2. The average molecular weight is 334 g/mol. The minimum Gasteiger partial charge on any atom is -0.317 e. The maximum absolute atomic E-state index is 12.7. The Bertz CT molecular complexity index is 622. The zero-order valence-electron chi connectivity index (χ0n) is 11.5. The van der Waals surface area contributed by atoms with Crippen LogP contribution in [-0.2, 0) is 6.18 Å². The van der Waals surface area contributed by atoms with Crippen molar-refractivity contribution in [2.75, 3.05) is 13.1 Å². The summed E-state index contributed by atoms with van der Waals surface area (Å²) in [6.07, 6.45) is -1.42. The highest BCUT2D eigenvalue weighted by molar-refractivity contribution is 5.85. The second-order valence-electron chi connectivity index (χ2n) is 4.99. The molecule has 0 saturated carbocycles. The smallest absolute Gasteiger partial charge is 0.317 e. The summed E-state index contributed by atoms with van der Waals surface area (Å²) in [6.45, 7) is 1.80. The molecule has 3 heterocycles. The highest BCUT2D eigenvalue weighted by atomic mass is 35.5. The van der Waals surface area contributed by atoms with Crippen molar-refractivity contribution in [1.82, 2.24) is 25.5 Å². The van der Waals surface area contributed by atoms with E-state index in [2.05, 4.69) is 25.5 Å². The number of H-pyrrole nitrogens is 1. The van der Waals surface area contributed by atoms with Crippen LogP contribution in [-0.4, -0.2) is 33.3 Å². The molecule has 5 nitrogen and oxygen atoms in total. The number of aromatic amines is 1. The second kappa shape index (κ2) is 6.62. The Morgan fingerprint density at radius 2 is 1.91 bits per heavy atom. The van der Waals surface area contributed by atoms with Crippen LogP contribution >= 0.6 is 12.4 Å². The first kappa shape index (κ1) is 16.7. The van der Waals surface area contributed by atoms with Crippen molar-refractivity contribution >= 4 is 12.4 Å². The van der Waals surface area contributed by atoms with Crippen LogP contribution in [0, 0.1) is 0 Å². The fourth-order valence-corrected chi connectivity index (χ4v) is 2.39. The van der Waals surface area contributed by atoms with Gasteiger partial charge in [-0.15, -0.1) is 12.4 Å². The number of alkyl halides is 3. The number of aromatic nitrogens is 4. The summed E-state index contributed by atoms with van der Waals surface area (Å²) >= 11 is 0. The van der Waals surface area contributed by atoms with Crippen LogP contribution < -0.4 is 5.32 Å². The number of hydrogen-bond acceptors (Lipinski definition) is 4. The summed E-state index contributed by atoms with van der Waals surface area (Å²) in [4.78, 5) is 8.24. The quantitative estimate of drug-likeness (QED) is 0.887. The Kier molecular flexibility index (Phi) is 5.02. The Morgan fingerprint density at radius 1 is 1.18 bits per heavy atom. The van der Waals surface area contributed by atoms with Crippen LogP contribution in [0.5, 0.6) is 0 Å². The van der Waals surface area contributed by atoms with E-state index in [9.17, 15) is 13.2 Å². The summed E-state index contributed by atoms with van der Waals surface area (Å²) in [5, 5.41) is 10.1. The third-order valence-corrected chi connectivity index (χ3v) is 3.54. The van der Waals surface area contributed by atoms with Crippen molar-refractivity contribution in [3.8, 4) is 11.5 Å². The minimum atomic E-state index is -4.39. The first-order chi connectivity index (χ1) is 10.0. The van der Waals surface area contributed by atoms with Gasteiger partial charge in [0.25, 0.3) is 0 Å². The predicted octanol–water partition coefficient (Wildman–Crippen LogP) is 2.77. The van der Waals surface area contributed by atoms with Gasteiger partial charge in [-0.3, -0.25) is 10.1 Å². The van der Waals surface area contributed by atoms with Crippen molar-refractivity contribution in [3.05, 3.63) is 29.7 Å². The van der Waals surface area contributed by atoms with Crippen LogP contribution in [0.4, 0.5) is 13.2 Å². The molecule has 2 aromatic rings.